The lowest BCUT2D eigenvalue weighted by Crippen LogP contribution is -2.54. The molecule has 0 radical (unpaired) electrons. The van der Waals surface area contributed by atoms with Crippen molar-refractivity contribution >= 4 is 22.4 Å². The van der Waals surface area contributed by atoms with Crippen LogP contribution in [0.5, 0.6) is 5.75 Å². The van der Waals surface area contributed by atoms with Crippen molar-refractivity contribution in [2.75, 3.05) is 37.7 Å². The van der Waals surface area contributed by atoms with Crippen molar-refractivity contribution in [3.05, 3.63) is 40.9 Å². The van der Waals surface area contributed by atoms with Crippen LogP contribution in [0.2, 0.25) is 0 Å². The quantitative estimate of drug-likeness (QED) is 0.875. The van der Waals surface area contributed by atoms with Gasteiger partial charge in [0.25, 0.3) is 0 Å². The number of benzene rings is 1. The van der Waals surface area contributed by atoms with Gasteiger partial charge in [-0.1, -0.05) is 18.2 Å². The van der Waals surface area contributed by atoms with Crippen molar-refractivity contribution in [1.29, 1.82) is 0 Å². The van der Waals surface area contributed by atoms with E-state index in [0.29, 0.717) is 6.61 Å². The molecular formula is C20H26N4O2S. The van der Waals surface area contributed by atoms with E-state index in [4.69, 9.17) is 4.74 Å². The van der Waals surface area contributed by atoms with E-state index in [0.717, 1.165) is 54.7 Å². The summed E-state index contributed by atoms with van der Waals surface area (Å²) in [5.74, 6) is 0.976. The number of fused-ring (bicyclic) bond motifs is 1. The number of carbonyl (C=O) groups excluding carboxylic acids is 1. The molecule has 1 saturated heterocycles. The zero-order valence-electron chi connectivity index (χ0n) is 15.9. The maximum atomic E-state index is 12.9. The maximum absolute atomic E-state index is 12.9. The predicted octanol–water partition coefficient (Wildman–Crippen LogP) is 2.60. The Hall–Kier alpha value is -2.12. The largest absolute Gasteiger partial charge is 0.493 e. The highest BCUT2D eigenvalue weighted by Crippen LogP contribution is 2.31. The lowest BCUT2D eigenvalue weighted by Gasteiger charge is -2.38. The van der Waals surface area contributed by atoms with Crippen molar-refractivity contribution in [2.45, 2.75) is 32.4 Å². The van der Waals surface area contributed by atoms with Crippen LogP contribution in [0.4, 0.5) is 5.13 Å². The minimum Gasteiger partial charge on any atom is -0.493 e. The van der Waals surface area contributed by atoms with Gasteiger partial charge in [-0.3, -0.25) is 9.69 Å². The summed E-state index contributed by atoms with van der Waals surface area (Å²) in [6.45, 7) is 8.23. The summed E-state index contributed by atoms with van der Waals surface area (Å²) in [4.78, 5) is 22.0. The van der Waals surface area contributed by atoms with Crippen LogP contribution in [-0.2, 0) is 4.79 Å². The van der Waals surface area contributed by atoms with Crippen LogP contribution in [0, 0.1) is 6.92 Å². The average molecular weight is 387 g/mol. The Morgan fingerprint density at radius 2 is 2.07 bits per heavy atom. The molecule has 2 aliphatic heterocycles. The third-order valence-electron chi connectivity index (χ3n) is 5.39. The van der Waals surface area contributed by atoms with Gasteiger partial charge in [0.2, 0.25) is 5.91 Å². The molecule has 0 saturated carbocycles. The molecule has 27 heavy (non-hydrogen) atoms. The molecule has 1 aromatic heterocycles. The Morgan fingerprint density at radius 1 is 1.30 bits per heavy atom. The monoisotopic (exact) mass is 386 g/mol. The average Bonchev–Trinajstić information content (AvgIpc) is 3.14. The summed E-state index contributed by atoms with van der Waals surface area (Å²) >= 11 is 1.69. The highest BCUT2D eigenvalue weighted by molar-refractivity contribution is 7.13. The van der Waals surface area contributed by atoms with Crippen LogP contribution in [0.3, 0.4) is 0 Å². The van der Waals surface area contributed by atoms with Gasteiger partial charge in [0.15, 0.2) is 5.13 Å². The van der Waals surface area contributed by atoms with Crippen LogP contribution in [0.15, 0.2) is 29.6 Å². The van der Waals surface area contributed by atoms with Gasteiger partial charge in [0, 0.05) is 43.5 Å². The number of piperazine rings is 1. The van der Waals surface area contributed by atoms with Crippen LogP contribution in [0.1, 0.15) is 30.6 Å². The molecule has 1 aromatic carbocycles. The molecule has 2 atom stereocenters. The Labute approximate surface area is 164 Å². The minimum atomic E-state index is -0.139. The zero-order valence-corrected chi connectivity index (χ0v) is 16.7. The molecule has 7 heteroatoms. The van der Waals surface area contributed by atoms with Crippen molar-refractivity contribution in [3.8, 4) is 5.75 Å². The molecule has 1 fully saturated rings. The number of hydrogen-bond acceptors (Lipinski definition) is 6. The number of thiazole rings is 1. The summed E-state index contributed by atoms with van der Waals surface area (Å²) in [7, 11) is 0. The molecule has 2 unspecified atom stereocenters. The van der Waals surface area contributed by atoms with Crippen LogP contribution >= 0.6 is 11.3 Å². The van der Waals surface area contributed by atoms with E-state index in [1.54, 1.807) is 11.3 Å². The number of nitrogens with zero attached hydrogens (tertiary/aromatic N) is 3. The third-order valence-corrected chi connectivity index (χ3v) is 6.41. The zero-order chi connectivity index (χ0) is 18.8. The fourth-order valence-corrected chi connectivity index (χ4v) is 4.59. The van der Waals surface area contributed by atoms with E-state index in [9.17, 15) is 4.79 Å². The van der Waals surface area contributed by atoms with Gasteiger partial charge in [0.05, 0.1) is 24.4 Å². The molecule has 0 spiro atoms. The number of amides is 1. The van der Waals surface area contributed by atoms with Gasteiger partial charge >= 0.3 is 0 Å². The molecule has 4 rings (SSSR count). The summed E-state index contributed by atoms with van der Waals surface area (Å²) < 4.78 is 5.70. The molecule has 2 aromatic rings. The number of rotatable bonds is 4. The van der Waals surface area contributed by atoms with Gasteiger partial charge < -0.3 is 15.0 Å². The second-order valence-electron chi connectivity index (χ2n) is 7.21. The van der Waals surface area contributed by atoms with Gasteiger partial charge in [-0.15, -0.1) is 11.3 Å². The molecule has 1 amide bonds. The van der Waals surface area contributed by atoms with Gasteiger partial charge in [-0.05, 0) is 19.9 Å². The van der Waals surface area contributed by atoms with Crippen molar-refractivity contribution in [3.63, 3.8) is 0 Å². The predicted molar refractivity (Wildman–Crippen MR) is 108 cm³/mol. The van der Waals surface area contributed by atoms with Gasteiger partial charge in [-0.2, -0.15) is 0 Å². The van der Waals surface area contributed by atoms with Crippen LogP contribution in [0.25, 0.3) is 0 Å². The first-order valence-corrected chi connectivity index (χ1v) is 10.4. The fraction of sp³-hybridized carbons (Fsp3) is 0.500. The standard InChI is InChI=1S/C20H26N4O2S/c1-14-13-27-20(21-14)24-10-8-23(9-11-24)15(2)19(25)22-17-7-12-26-18-6-4-3-5-16(17)18/h3-6,13,15,17H,7-12H2,1-2H3,(H,22,25). The Kier molecular flexibility index (Phi) is 5.31. The second kappa shape index (κ2) is 7.86. The fourth-order valence-electron chi connectivity index (χ4n) is 3.74. The number of anilines is 1. The maximum Gasteiger partial charge on any atom is 0.237 e. The third kappa shape index (κ3) is 3.94. The molecule has 0 aliphatic carbocycles. The number of aromatic nitrogens is 1. The Morgan fingerprint density at radius 3 is 2.81 bits per heavy atom. The van der Waals surface area contributed by atoms with Crippen molar-refractivity contribution in [2.24, 2.45) is 0 Å². The van der Waals surface area contributed by atoms with E-state index >= 15 is 0 Å². The van der Waals surface area contributed by atoms with E-state index in [-0.39, 0.29) is 18.0 Å². The van der Waals surface area contributed by atoms with E-state index < -0.39 is 0 Å². The van der Waals surface area contributed by atoms with Crippen LogP contribution in [-0.4, -0.2) is 54.6 Å². The summed E-state index contributed by atoms with van der Waals surface area (Å²) in [5.41, 5.74) is 2.15. The molecule has 144 valence electrons. The summed E-state index contributed by atoms with van der Waals surface area (Å²) in [6.07, 6.45) is 0.812. The number of aryl methyl sites for hydroxylation is 1. The molecular weight excluding hydrogens is 360 g/mol. The first-order valence-electron chi connectivity index (χ1n) is 9.55. The molecule has 6 nitrogen and oxygen atoms in total. The summed E-state index contributed by atoms with van der Waals surface area (Å²) in [5, 5.41) is 6.41. The Bertz CT molecular complexity index is 801. The molecule has 0 bridgehead atoms. The normalized spacial score (nSPS) is 21.3. The smallest absolute Gasteiger partial charge is 0.237 e. The van der Waals surface area contributed by atoms with Crippen molar-refractivity contribution in [1.82, 2.24) is 15.2 Å². The van der Waals surface area contributed by atoms with Crippen molar-refractivity contribution < 1.29 is 9.53 Å². The van der Waals surface area contributed by atoms with Gasteiger partial charge in [0.1, 0.15) is 5.75 Å². The number of carbonyl (C=O) groups is 1. The second-order valence-corrected chi connectivity index (χ2v) is 8.04. The highest BCUT2D eigenvalue weighted by atomic mass is 32.1. The Balaban J connectivity index is 1.34. The van der Waals surface area contributed by atoms with E-state index in [1.807, 2.05) is 38.1 Å². The first-order chi connectivity index (χ1) is 13.1. The minimum absolute atomic E-state index is 0.0319. The number of para-hydroxylation sites is 1. The molecule has 2 aliphatic rings. The van der Waals surface area contributed by atoms with E-state index in [1.165, 1.54) is 0 Å². The number of ether oxygens (including phenoxy) is 1. The number of nitrogens with one attached hydrogen (secondary N) is 1. The topological polar surface area (TPSA) is 57.7 Å². The number of hydrogen-bond donors (Lipinski definition) is 1. The lowest BCUT2D eigenvalue weighted by atomic mass is 10.00. The highest BCUT2D eigenvalue weighted by Gasteiger charge is 2.29. The first kappa shape index (κ1) is 18.3. The van der Waals surface area contributed by atoms with Gasteiger partial charge in [-0.25, -0.2) is 4.98 Å². The summed E-state index contributed by atoms with van der Waals surface area (Å²) in [6, 6.07) is 7.87. The van der Waals surface area contributed by atoms with Crippen LogP contribution < -0.4 is 15.0 Å². The SMILES string of the molecule is Cc1csc(N2CCN(C(C)C(=O)NC3CCOc4ccccc43)CC2)n1. The van der Waals surface area contributed by atoms with E-state index in [2.05, 4.69) is 25.5 Å². The molecule has 3 heterocycles. The lowest BCUT2D eigenvalue weighted by molar-refractivity contribution is -0.127. The molecule has 1 N–H and O–H groups in total.